The maximum absolute atomic E-state index is 5.16. The third-order valence-electron chi connectivity index (χ3n) is 2.81. The topological polar surface area (TPSA) is 55.4 Å². The molecule has 0 aliphatic rings. The molecular weight excluding hydrogens is 343 g/mol. The molecule has 0 aromatic heterocycles. The molecule has 0 amide bonds. The highest BCUT2D eigenvalue weighted by Crippen LogP contribution is 2.41. The predicted octanol–water partition coefficient (Wildman–Crippen LogP) is 5.25. The smallest absolute Gasteiger partial charge is 0.329 e. The van der Waals surface area contributed by atoms with Gasteiger partial charge in [0.1, 0.15) is 0 Å². The van der Waals surface area contributed by atoms with E-state index in [1.54, 1.807) is 36.4 Å². The third-order valence-corrected chi connectivity index (χ3v) is 3.40. The zero-order valence-electron chi connectivity index (χ0n) is 13.1. The number of hydrogen-bond donors (Lipinski definition) is 0. The molecule has 0 radical (unpaired) electrons. The molecule has 128 valence electrons. The van der Waals surface area contributed by atoms with Crippen LogP contribution in [-0.4, -0.2) is 0 Å². The molecule has 7 heteroatoms. The Morgan fingerprint density at radius 3 is 0.960 bits per heavy atom. The molecule has 0 bridgehead atoms. The van der Waals surface area contributed by atoms with E-state index in [9.17, 15) is 0 Å². The van der Waals surface area contributed by atoms with Crippen LogP contribution in [0.3, 0.4) is 0 Å². The van der Waals surface area contributed by atoms with Crippen LogP contribution in [0.5, 0.6) is 17.2 Å². The van der Waals surface area contributed by atoms with Crippen molar-refractivity contribution in [3.05, 3.63) is 91.0 Å². The van der Waals surface area contributed by atoms with E-state index in [1.807, 2.05) is 54.6 Å². The quantitative estimate of drug-likeness (QED) is 0.296. The summed E-state index contributed by atoms with van der Waals surface area (Å²) in [4.78, 5) is 15.5. The zero-order chi connectivity index (χ0) is 17.2. The number of hydrogen-bond acceptors (Lipinski definition) is 6. The normalized spacial score (nSPS) is 10.4. The van der Waals surface area contributed by atoms with Gasteiger partial charge in [0.25, 0.3) is 0 Å². The minimum Gasteiger partial charge on any atom is -0.329 e. The lowest BCUT2D eigenvalue weighted by Crippen LogP contribution is -2.04. The maximum Gasteiger partial charge on any atom is 0.455 e. The van der Waals surface area contributed by atoms with Crippen molar-refractivity contribution in [3.63, 3.8) is 0 Å². The maximum atomic E-state index is 5.16. The Morgan fingerprint density at radius 2 is 0.680 bits per heavy atom. The first-order chi connectivity index (χ1) is 12.4. The van der Waals surface area contributed by atoms with Gasteiger partial charge in [-0.25, -0.2) is 0 Å². The highest BCUT2D eigenvalue weighted by atomic mass is 31.2. The van der Waals surface area contributed by atoms with Gasteiger partial charge in [0.2, 0.25) is 0 Å². The summed E-state index contributed by atoms with van der Waals surface area (Å²) in [7, 11) is -2.10. The van der Waals surface area contributed by atoms with Crippen LogP contribution in [0, 0.1) is 0 Å². The Kier molecular flexibility index (Phi) is 6.61. The average Bonchev–Trinajstić information content (AvgIpc) is 2.70. The molecule has 0 aliphatic heterocycles. The summed E-state index contributed by atoms with van der Waals surface area (Å²) < 4.78 is 15.4. The lowest BCUT2D eigenvalue weighted by Gasteiger charge is -2.13. The minimum absolute atomic E-state index is 0.488. The van der Waals surface area contributed by atoms with Crippen LogP contribution >= 0.6 is 8.60 Å². The minimum atomic E-state index is -2.10. The fourth-order valence-electron chi connectivity index (χ4n) is 1.69. The van der Waals surface area contributed by atoms with Crippen LogP contribution in [0.1, 0.15) is 0 Å². The highest BCUT2D eigenvalue weighted by molar-refractivity contribution is 7.41. The van der Waals surface area contributed by atoms with Gasteiger partial charge in [-0.05, 0) is 36.4 Å². The summed E-state index contributed by atoms with van der Waals surface area (Å²) in [5.41, 5.74) is 0. The van der Waals surface area contributed by atoms with Gasteiger partial charge in [0, 0.05) is 0 Å². The lowest BCUT2D eigenvalue weighted by atomic mass is 10.3. The molecule has 3 rings (SSSR count). The Labute approximate surface area is 146 Å². The molecule has 3 aromatic rings. The van der Waals surface area contributed by atoms with E-state index < -0.39 is 8.60 Å². The Bertz CT molecular complexity index is 623. The predicted molar refractivity (Wildman–Crippen MR) is 91.4 cm³/mol. The highest BCUT2D eigenvalue weighted by Gasteiger charge is 2.21. The molecule has 0 fully saturated rings. The van der Waals surface area contributed by atoms with E-state index in [0.29, 0.717) is 17.2 Å². The molecule has 0 heterocycles. The molecule has 0 aliphatic carbocycles. The molecule has 0 N–H and O–H groups in total. The Morgan fingerprint density at radius 1 is 0.400 bits per heavy atom. The van der Waals surface area contributed by atoms with Crippen LogP contribution in [-0.2, 0) is 14.0 Å². The van der Waals surface area contributed by atoms with Crippen molar-refractivity contribution >= 4 is 8.60 Å². The number of para-hydroxylation sites is 3. The van der Waals surface area contributed by atoms with E-state index in [4.69, 9.17) is 28.7 Å². The summed E-state index contributed by atoms with van der Waals surface area (Å²) in [5, 5.41) is 0. The molecule has 0 saturated carbocycles. The lowest BCUT2D eigenvalue weighted by molar-refractivity contribution is -0.219. The molecule has 0 saturated heterocycles. The Balaban J connectivity index is 1.56. The van der Waals surface area contributed by atoms with E-state index in [0.717, 1.165) is 0 Å². The van der Waals surface area contributed by atoms with Crippen molar-refractivity contribution < 1.29 is 28.7 Å². The van der Waals surface area contributed by atoms with Gasteiger partial charge in [0.15, 0.2) is 17.2 Å². The molecule has 0 spiro atoms. The molecule has 3 aromatic carbocycles. The van der Waals surface area contributed by atoms with Crippen molar-refractivity contribution in [3.8, 4) is 17.2 Å². The van der Waals surface area contributed by atoms with Gasteiger partial charge < -0.3 is 14.7 Å². The van der Waals surface area contributed by atoms with Crippen molar-refractivity contribution in [2.45, 2.75) is 0 Å². The van der Waals surface area contributed by atoms with E-state index in [1.165, 1.54) is 0 Å². The van der Waals surface area contributed by atoms with Crippen LogP contribution < -0.4 is 14.7 Å². The fraction of sp³-hybridized carbons (Fsp3) is 0. The summed E-state index contributed by atoms with van der Waals surface area (Å²) >= 11 is 0. The van der Waals surface area contributed by atoms with Crippen molar-refractivity contribution in [1.29, 1.82) is 0 Å². The second-order valence-electron chi connectivity index (χ2n) is 4.64. The SMILES string of the molecule is c1ccc(OOP(OOc2ccccc2)OOc2ccccc2)cc1. The van der Waals surface area contributed by atoms with E-state index in [2.05, 4.69) is 0 Å². The van der Waals surface area contributed by atoms with Crippen molar-refractivity contribution in [2.24, 2.45) is 0 Å². The van der Waals surface area contributed by atoms with E-state index in [-0.39, 0.29) is 0 Å². The number of rotatable bonds is 9. The van der Waals surface area contributed by atoms with Crippen molar-refractivity contribution in [1.82, 2.24) is 0 Å². The fourth-order valence-corrected chi connectivity index (χ4v) is 2.20. The van der Waals surface area contributed by atoms with Crippen molar-refractivity contribution in [2.75, 3.05) is 0 Å². The molecular formula is C18H15O6P. The first-order valence-electron chi connectivity index (χ1n) is 7.39. The molecule has 0 atom stereocenters. The largest absolute Gasteiger partial charge is 0.455 e. The second-order valence-corrected chi connectivity index (χ2v) is 5.53. The first kappa shape index (κ1) is 17.2. The second kappa shape index (κ2) is 9.61. The van der Waals surface area contributed by atoms with Gasteiger partial charge in [0.05, 0.1) is 0 Å². The molecule has 25 heavy (non-hydrogen) atoms. The van der Waals surface area contributed by atoms with Crippen LogP contribution in [0.4, 0.5) is 0 Å². The first-order valence-corrected chi connectivity index (χ1v) is 8.49. The van der Waals surface area contributed by atoms with Crippen LogP contribution in [0.15, 0.2) is 91.0 Å². The van der Waals surface area contributed by atoms with Crippen LogP contribution in [0.2, 0.25) is 0 Å². The average molecular weight is 358 g/mol. The zero-order valence-corrected chi connectivity index (χ0v) is 14.0. The number of benzene rings is 3. The van der Waals surface area contributed by atoms with Crippen LogP contribution in [0.25, 0.3) is 0 Å². The standard InChI is InChI=1S/C18H15O6P/c1-4-10-16(11-5-1)19-22-25(23-20-17-12-6-2-7-13-17)24-21-18-14-8-3-9-15-18/h1-15H. The summed E-state index contributed by atoms with van der Waals surface area (Å²) in [6.07, 6.45) is 0. The summed E-state index contributed by atoms with van der Waals surface area (Å²) in [6.45, 7) is 0. The molecule has 6 nitrogen and oxygen atoms in total. The summed E-state index contributed by atoms with van der Waals surface area (Å²) in [5.74, 6) is 1.46. The van der Waals surface area contributed by atoms with Gasteiger partial charge >= 0.3 is 8.60 Å². The molecule has 0 unspecified atom stereocenters. The Hall–Kier alpha value is -2.63. The van der Waals surface area contributed by atoms with Gasteiger partial charge in [-0.3, -0.25) is 0 Å². The van der Waals surface area contributed by atoms with Gasteiger partial charge in [-0.2, -0.15) is 0 Å². The van der Waals surface area contributed by atoms with Gasteiger partial charge in [-0.15, -0.1) is 0 Å². The summed E-state index contributed by atoms with van der Waals surface area (Å²) in [6, 6.07) is 26.8. The van der Waals surface area contributed by atoms with E-state index >= 15 is 0 Å². The third kappa shape index (κ3) is 6.06. The van der Waals surface area contributed by atoms with Gasteiger partial charge in [-0.1, -0.05) is 68.6 Å². The monoisotopic (exact) mass is 358 g/mol.